The quantitative estimate of drug-likeness (QED) is 0.759. The molecule has 1 aliphatic rings. The third-order valence-corrected chi connectivity index (χ3v) is 8.31. The van der Waals surface area contributed by atoms with E-state index in [4.69, 9.17) is 4.74 Å². The van der Waals surface area contributed by atoms with Gasteiger partial charge in [0, 0.05) is 12.1 Å². The second kappa shape index (κ2) is 7.01. The third-order valence-electron chi connectivity index (χ3n) is 4.47. The molecule has 0 spiro atoms. The minimum absolute atomic E-state index is 0.0328. The van der Waals surface area contributed by atoms with Gasteiger partial charge in [0.2, 0.25) is 10.0 Å². The van der Waals surface area contributed by atoms with E-state index >= 15 is 0 Å². The van der Waals surface area contributed by atoms with Gasteiger partial charge < -0.3 is 4.74 Å². The van der Waals surface area contributed by atoms with Crippen LogP contribution in [-0.2, 0) is 19.9 Å². The van der Waals surface area contributed by atoms with Crippen LogP contribution in [0.25, 0.3) is 0 Å². The van der Waals surface area contributed by atoms with Gasteiger partial charge in [-0.1, -0.05) is 13.0 Å². The molecule has 2 rings (SSSR count). The van der Waals surface area contributed by atoms with Gasteiger partial charge >= 0.3 is 0 Å². The summed E-state index contributed by atoms with van der Waals surface area (Å²) >= 11 is 0. The van der Waals surface area contributed by atoms with E-state index in [2.05, 4.69) is 0 Å². The molecule has 0 N–H and O–H groups in total. The highest BCUT2D eigenvalue weighted by molar-refractivity contribution is 7.92. The van der Waals surface area contributed by atoms with E-state index in [0.29, 0.717) is 12.8 Å². The highest BCUT2D eigenvalue weighted by Gasteiger charge is 2.41. The summed E-state index contributed by atoms with van der Waals surface area (Å²) in [6.07, 6.45) is 0.934. The molecule has 24 heavy (non-hydrogen) atoms. The fourth-order valence-electron chi connectivity index (χ4n) is 3.05. The fraction of sp³-hybridized carbons (Fsp3) is 0.625. The summed E-state index contributed by atoms with van der Waals surface area (Å²) in [4.78, 5) is 0.0922. The Labute approximate surface area is 144 Å². The zero-order chi connectivity index (χ0) is 18.1. The average Bonchev–Trinajstić information content (AvgIpc) is 2.86. The summed E-state index contributed by atoms with van der Waals surface area (Å²) in [6.45, 7) is 5.51. The Hall–Kier alpha value is -1.12. The lowest BCUT2D eigenvalue weighted by molar-refractivity contribution is 0.270. The standard InChI is InChI=1S/C16H25NO5S2/c1-5-13(3)17(14-8-9-23(18,19)11-14)24(20,21)16-10-12(2)6-7-15(16)22-4/h6-7,10,13-14H,5,8-9,11H2,1-4H3/t13-,14-/m0/s1. The van der Waals surface area contributed by atoms with E-state index in [-0.39, 0.29) is 28.2 Å². The molecule has 136 valence electrons. The van der Waals surface area contributed by atoms with Crippen LogP contribution < -0.4 is 4.74 Å². The summed E-state index contributed by atoms with van der Waals surface area (Å²) < 4.78 is 56.9. The van der Waals surface area contributed by atoms with Crippen LogP contribution in [0.15, 0.2) is 23.1 Å². The van der Waals surface area contributed by atoms with Gasteiger partial charge in [0.1, 0.15) is 10.6 Å². The molecule has 1 aromatic rings. The van der Waals surface area contributed by atoms with Crippen molar-refractivity contribution in [2.24, 2.45) is 0 Å². The van der Waals surface area contributed by atoms with Crippen LogP contribution in [0.3, 0.4) is 0 Å². The van der Waals surface area contributed by atoms with E-state index in [1.54, 1.807) is 18.2 Å². The van der Waals surface area contributed by atoms with Crippen molar-refractivity contribution in [3.8, 4) is 5.75 Å². The topological polar surface area (TPSA) is 80.8 Å². The van der Waals surface area contributed by atoms with Crippen LogP contribution in [0.2, 0.25) is 0 Å². The fourth-order valence-corrected chi connectivity index (χ4v) is 7.02. The lowest BCUT2D eigenvalue weighted by atomic mass is 10.2. The van der Waals surface area contributed by atoms with Gasteiger partial charge in [0.25, 0.3) is 0 Å². The molecule has 0 unspecified atom stereocenters. The molecule has 1 heterocycles. The Morgan fingerprint density at radius 3 is 2.54 bits per heavy atom. The van der Waals surface area contributed by atoms with Gasteiger partial charge in [0.15, 0.2) is 9.84 Å². The van der Waals surface area contributed by atoms with Crippen LogP contribution in [0.1, 0.15) is 32.3 Å². The largest absolute Gasteiger partial charge is 0.495 e. The molecule has 6 nitrogen and oxygen atoms in total. The number of sulfonamides is 1. The summed E-state index contributed by atoms with van der Waals surface area (Å²) in [6, 6.07) is 4.17. The van der Waals surface area contributed by atoms with Crippen molar-refractivity contribution in [2.75, 3.05) is 18.6 Å². The number of aryl methyl sites for hydroxylation is 1. The van der Waals surface area contributed by atoms with Crippen LogP contribution in [0.5, 0.6) is 5.75 Å². The van der Waals surface area contributed by atoms with Crippen molar-refractivity contribution >= 4 is 19.9 Å². The van der Waals surface area contributed by atoms with Gasteiger partial charge in [-0.2, -0.15) is 4.31 Å². The minimum Gasteiger partial charge on any atom is -0.495 e. The Bertz CT molecular complexity index is 802. The summed E-state index contributed by atoms with van der Waals surface area (Å²) in [5.41, 5.74) is 0.803. The van der Waals surface area contributed by atoms with Crippen LogP contribution >= 0.6 is 0 Å². The van der Waals surface area contributed by atoms with Crippen LogP contribution in [0.4, 0.5) is 0 Å². The zero-order valence-corrected chi connectivity index (χ0v) is 16.2. The van der Waals surface area contributed by atoms with E-state index in [9.17, 15) is 16.8 Å². The number of sulfone groups is 1. The molecule has 2 atom stereocenters. The SMILES string of the molecule is CC[C@H](C)N([C@H]1CCS(=O)(=O)C1)S(=O)(=O)c1cc(C)ccc1OC. The molecule has 0 bridgehead atoms. The first kappa shape index (κ1) is 19.2. The average molecular weight is 376 g/mol. The van der Waals surface area contributed by atoms with Crippen molar-refractivity contribution in [1.82, 2.24) is 4.31 Å². The van der Waals surface area contributed by atoms with E-state index < -0.39 is 25.9 Å². The molecule has 1 aliphatic heterocycles. The number of hydrogen-bond donors (Lipinski definition) is 0. The first-order valence-electron chi connectivity index (χ1n) is 8.01. The molecule has 1 aromatic carbocycles. The number of nitrogens with zero attached hydrogens (tertiary/aromatic N) is 1. The third kappa shape index (κ3) is 3.75. The molecule has 1 saturated heterocycles. The van der Waals surface area contributed by atoms with Crippen molar-refractivity contribution < 1.29 is 21.6 Å². The predicted octanol–water partition coefficient (Wildman–Crippen LogP) is 1.98. The molecule has 0 aliphatic carbocycles. The second-order valence-electron chi connectivity index (χ2n) is 6.30. The maximum Gasteiger partial charge on any atom is 0.247 e. The monoisotopic (exact) mass is 375 g/mol. The lowest BCUT2D eigenvalue weighted by Crippen LogP contribution is -2.46. The molecule has 8 heteroatoms. The number of ether oxygens (including phenoxy) is 1. The number of methoxy groups -OCH3 is 1. The first-order chi connectivity index (χ1) is 11.1. The molecular weight excluding hydrogens is 350 g/mol. The van der Waals surface area contributed by atoms with Crippen molar-refractivity contribution in [3.63, 3.8) is 0 Å². The van der Waals surface area contributed by atoms with Gasteiger partial charge in [-0.3, -0.25) is 0 Å². The first-order valence-corrected chi connectivity index (χ1v) is 11.3. The van der Waals surface area contributed by atoms with E-state index in [1.807, 2.05) is 20.8 Å². The summed E-state index contributed by atoms with van der Waals surface area (Å²) in [7, 11) is -5.63. The Morgan fingerprint density at radius 1 is 1.38 bits per heavy atom. The Kier molecular flexibility index (Phi) is 5.61. The van der Waals surface area contributed by atoms with E-state index in [0.717, 1.165) is 5.56 Å². The number of hydrogen-bond acceptors (Lipinski definition) is 5. The maximum atomic E-state index is 13.3. The lowest BCUT2D eigenvalue weighted by Gasteiger charge is -2.32. The summed E-state index contributed by atoms with van der Waals surface area (Å²) in [5.74, 6) is 0.185. The Morgan fingerprint density at radius 2 is 2.04 bits per heavy atom. The van der Waals surface area contributed by atoms with Crippen molar-refractivity contribution in [1.29, 1.82) is 0 Å². The van der Waals surface area contributed by atoms with Gasteiger partial charge in [0.05, 0.1) is 18.6 Å². The van der Waals surface area contributed by atoms with E-state index in [1.165, 1.54) is 11.4 Å². The summed E-state index contributed by atoms with van der Waals surface area (Å²) in [5, 5.41) is 0. The minimum atomic E-state index is -3.87. The normalized spacial score (nSPS) is 21.8. The van der Waals surface area contributed by atoms with Gasteiger partial charge in [-0.05, 0) is 44.4 Å². The second-order valence-corrected chi connectivity index (χ2v) is 10.3. The van der Waals surface area contributed by atoms with Gasteiger partial charge in [-0.15, -0.1) is 0 Å². The maximum absolute atomic E-state index is 13.3. The highest BCUT2D eigenvalue weighted by atomic mass is 32.2. The predicted molar refractivity (Wildman–Crippen MR) is 93.6 cm³/mol. The molecular formula is C16H25NO5S2. The van der Waals surface area contributed by atoms with Crippen LogP contribution in [0, 0.1) is 6.92 Å². The number of benzene rings is 1. The van der Waals surface area contributed by atoms with Crippen LogP contribution in [-0.4, -0.2) is 51.8 Å². The van der Waals surface area contributed by atoms with Crippen molar-refractivity contribution in [2.45, 2.75) is 50.6 Å². The molecule has 0 aromatic heterocycles. The Balaban J connectivity index is 2.55. The highest BCUT2D eigenvalue weighted by Crippen LogP contribution is 2.33. The zero-order valence-electron chi connectivity index (χ0n) is 14.5. The van der Waals surface area contributed by atoms with Gasteiger partial charge in [-0.25, -0.2) is 16.8 Å². The molecule has 1 fully saturated rings. The molecule has 0 amide bonds. The molecule has 0 radical (unpaired) electrons. The smallest absolute Gasteiger partial charge is 0.247 e. The number of rotatable bonds is 6. The van der Waals surface area contributed by atoms with Crippen molar-refractivity contribution in [3.05, 3.63) is 23.8 Å². The molecule has 0 saturated carbocycles.